The van der Waals surface area contributed by atoms with Gasteiger partial charge in [-0.25, -0.2) is 4.98 Å². The van der Waals surface area contributed by atoms with Crippen LogP contribution in [0, 0.1) is 13.8 Å². The molecule has 3 heterocycles. The number of anilines is 2. The molecule has 0 aliphatic carbocycles. The third kappa shape index (κ3) is 4.11. The van der Waals surface area contributed by atoms with Gasteiger partial charge in [-0.15, -0.1) is 0 Å². The summed E-state index contributed by atoms with van der Waals surface area (Å²) in [5, 5.41) is 3.48. The highest BCUT2D eigenvalue weighted by Gasteiger charge is 2.25. The van der Waals surface area contributed by atoms with Crippen LogP contribution in [0.2, 0.25) is 0 Å². The van der Waals surface area contributed by atoms with Crippen LogP contribution in [0.5, 0.6) is 0 Å². The number of nitrogens with zero attached hydrogens (tertiary/aromatic N) is 3. The molecule has 0 saturated carbocycles. The van der Waals surface area contributed by atoms with Gasteiger partial charge in [-0.05, 0) is 32.4 Å². The Kier molecular flexibility index (Phi) is 5.55. The summed E-state index contributed by atoms with van der Waals surface area (Å²) >= 11 is 0. The Morgan fingerprint density at radius 3 is 2.64 bits per heavy atom. The molecule has 1 aliphatic heterocycles. The quantitative estimate of drug-likeness (QED) is 0.830. The third-order valence-corrected chi connectivity index (χ3v) is 4.62. The van der Waals surface area contributed by atoms with E-state index in [1.54, 1.807) is 0 Å². The zero-order chi connectivity index (χ0) is 17.8. The predicted octanol–water partition coefficient (Wildman–Crippen LogP) is 2.32. The molecule has 1 saturated heterocycles. The van der Waals surface area contributed by atoms with Crippen LogP contribution in [-0.4, -0.2) is 47.7 Å². The molecule has 0 aromatic carbocycles. The van der Waals surface area contributed by atoms with Gasteiger partial charge in [0, 0.05) is 30.9 Å². The smallest absolute Gasteiger partial charge is 0.222 e. The number of nitrogens with one attached hydrogen (secondary N) is 1. The lowest BCUT2D eigenvalue weighted by Crippen LogP contribution is -2.41. The largest absolute Gasteiger partial charge is 0.465 e. The van der Waals surface area contributed by atoms with Crippen molar-refractivity contribution in [3.63, 3.8) is 0 Å². The molecule has 0 amide bonds. The van der Waals surface area contributed by atoms with Gasteiger partial charge in [0.05, 0.1) is 19.3 Å². The molecule has 1 atom stereocenters. The number of ether oxygens (including phenoxy) is 1. The molecule has 2 aromatic heterocycles. The first-order valence-electron chi connectivity index (χ1n) is 8.83. The van der Waals surface area contributed by atoms with Crippen molar-refractivity contribution in [2.45, 2.75) is 33.2 Å². The van der Waals surface area contributed by atoms with Crippen LogP contribution in [0.25, 0.3) is 0 Å². The van der Waals surface area contributed by atoms with Crippen LogP contribution >= 0.6 is 0 Å². The number of aromatic nitrogens is 2. The van der Waals surface area contributed by atoms with Gasteiger partial charge < -0.3 is 20.2 Å². The summed E-state index contributed by atoms with van der Waals surface area (Å²) in [6, 6.07) is 4.18. The van der Waals surface area contributed by atoms with Crippen LogP contribution in [0.15, 0.2) is 16.5 Å². The number of morpholine rings is 1. The first-order valence-corrected chi connectivity index (χ1v) is 8.83. The van der Waals surface area contributed by atoms with Crippen LogP contribution in [0.4, 0.5) is 11.8 Å². The Hall–Kier alpha value is -2.12. The molecule has 3 N–H and O–H groups in total. The minimum absolute atomic E-state index is 0.124. The number of hydrogen-bond acceptors (Lipinski definition) is 7. The average Bonchev–Trinajstić information content (AvgIpc) is 3.02. The topological polar surface area (TPSA) is 89.4 Å². The third-order valence-electron chi connectivity index (χ3n) is 4.62. The molecule has 2 aromatic rings. The SMILES string of the molecule is CCc1c(C)nc(N)nc1NCC(c1ccc(C)o1)N1CCOCC1. The first kappa shape index (κ1) is 17.7. The molecular formula is C18H27N5O2. The summed E-state index contributed by atoms with van der Waals surface area (Å²) in [7, 11) is 0. The van der Waals surface area contributed by atoms with Crippen molar-refractivity contribution in [3.05, 3.63) is 34.9 Å². The van der Waals surface area contributed by atoms with E-state index in [0.29, 0.717) is 12.5 Å². The van der Waals surface area contributed by atoms with Crippen molar-refractivity contribution >= 4 is 11.8 Å². The number of nitrogen functional groups attached to an aromatic ring is 1. The molecule has 1 unspecified atom stereocenters. The summed E-state index contributed by atoms with van der Waals surface area (Å²) in [6.07, 6.45) is 0.858. The van der Waals surface area contributed by atoms with Gasteiger partial charge >= 0.3 is 0 Å². The molecule has 1 aliphatic rings. The Labute approximate surface area is 148 Å². The maximum absolute atomic E-state index is 5.91. The number of aryl methyl sites for hydroxylation is 2. The van der Waals surface area contributed by atoms with E-state index < -0.39 is 0 Å². The summed E-state index contributed by atoms with van der Waals surface area (Å²) in [4.78, 5) is 11.1. The highest BCUT2D eigenvalue weighted by atomic mass is 16.5. The van der Waals surface area contributed by atoms with E-state index >= 15 is 0 Å². The van der Waals surface area contributed by atoms with E-state index in [9.17, 15) is 0 Å². The second kappa shape index (κ2) is 7.84. The summed E-state index contributed by atoms with van der Waals surface area (Å²) in [5.74, 6) is 3.00. The summed E-state index contributed by atoms with van der Waals surface area (Å²) < 4.78 is 11.4. The second-order valence-corrected chi connectivity index (χ2v) is 6.34. The molecule has 0 radical (unpaired) electrons. The molecule has 7 nitrogen and oxygen atoms in total. The van der Waals surface area contributed by atoms with Crippen molar-refractivity contribution in [1.82, 2.24) is 14.9 Å². The maximum atomic E-state index is 5.91. The fourth-order valence-electron chi connectivity index (χ4n) is 3.31. The molecule has 1 fully saturated rings. The van der Waals surface area contributed by atoms with Crippen LogP contribution < -0.4 is 11.1 Å². The molecule has 3 rings (SSSR count). The Morgan fingerprint density at radius 1 is 1.24 bits per heavy atom. The number of furan rings is 1. The lowest BCUT2D eigenvalue weighted by atomic mass is 10.1. The fraction of sp³-hybridized carbons (Fsp3) is 0.556. The molecule has 7 heteroatoms. The second-order valence-electron chi connectivity index (χ2n) is 6.34. The molecule has 25 heavy (non-hydrogen) atoms. The van der Waals surface area contributed by atoms with Crippen LogP contribution in [-0.2, 0) is 11.2 Å². The van der Waals surface area contributed by atoms with Crippen molar-refractivity contribution < 1.29 is 9.15 Å². The monoisotopic (exact) mass is 345 g/mol. The zero-order valence-electron chi connectivity index (χ0n) is 15.2. The summed E-state index contributed by atoms with van der Waals surface area (Å²) in [5.41, 5.74) is 7.87. The highest BCUT2D eigenvalue weighted by molar-refractivity contribution is 5.49. The minimum Gasteiger partial charge on any atom is -0.465 e. The van der Waals surface area contributed by atoms with Crippen LogP contribution in [0.1, 0.15) is 35.7 Å². The molecule has 0 bridgehead atoms. The van der Waals surface area contributed by atoms with E-state index in [-0.39, 0.29) is 6.04 Å². The predicted molar refractivity (Wildman–Crippen MR) is 97.6 cm³/mol. The van der Waals surface area contributed by atoms with Crippen molar-refractivity contribution in [3.8, 4) is 0 Å². The van der Waals surface area contributed by atoms with Gasteiger partial charge in [0.1, 0.15) is 17.3 Å². The fourth-order valence-corrected chi connectivity index (χ4v) is 3.31. The number of nitrogens with two attached hydrogens (primary N) is 1. The van der Waals surface area contributed by atoms with E-state index in [0.717, 1.165) is 61.3 Å². The zero-order valence-corrected chi connectivity index (χ0v) is 15.2. The molecular weight excluding hydrogens is 318 g/mol. The van der Waals surface area contributed by atoms with E-state index in [1.807, 2.05) is 19.9 Å². The van der Waals surface area contributed by atoms with Crippen molar-refractivity contribution in [2.75, 3.05) is 43.9 Å². The van der Waals surface area contributed by atoms with Gasteiger partial charge in [-0.1, -0.05) is 6.92 Å². The van der Waals surface area contributed by atoms with Crippen molar-refractivity contribution in [1.29, 1.82) is 0 Å². The van der Waals surface area contributed by atoms with Gasteiger partial charge in [-0.2, -0.15) is 4.98 Å². The van der Waals surface area contributed by atoms with Gasteiger partial charge in [0.15, 0.2) is 0 Å². The molecule has 136 valence electrons. The first-order chi connectivity index (χ1) is 12.1. The van der Waals surface area contributed by atoms with Crippen molar-refractivity contribution in [2.24, 2.45) is 0 Å². The summed E-state index contributed by atoms with van der Waals surface area (Å²) in [6.45, 7) is 9.99. The Morgan fingerprint density at radius 2 is 2.00 bits per heavy atom. The maximum Gasteiger partial charge on any atom is 0.222 e. The Balaban J connectivity index is 1.81. The van der Waals surface area contributed by atoms with E-state index in [1.165, 1.54) is 0 Å². The van der Waals surface area contributed by atoms with Gasteiger partial charge in [0.25, 0.3) is 0 Å². The lowest BCUT2D eigenvalue weighted by molar-refractivity contribution is 0.0143. The lowest BCUT2D eigenvalue weighted by Gasteiger charge is -2.33. The van der Waals surface area contributed by atoms with E-state index in [2.05, 4.69) is 33.2 Å². The minimum atomic E-state index is 0.124. The molecule has 0 spiro atoms. The number of hydrogen-bond donors (Lipinski definition) is 2. The van der Waals surface area contributed by atoms with Gasteiger partial charge in [-0.3, -0.25) is 4.90 Å². The highest BCUT2D eigenvalue weighted by Crippen LogP contribution is 2.26. The van der Waals surface area contributed by atoms with Crippen LogP contribution in [0.3, 0.4) is 0 Å². The Bertz CT molecular complexity index is 709. The standard InChI is InChI=1S/C18H27N5O2/c1-4-14-13(3)21-18(19)22-17(14)20-11-15(16-6-5-12(2)25-16)23-7-9-24-10-8-23/h5-6,15H,4,7-11H2,1-3H3,(H3,19,20,21,22). The van der Waals surface area contributed by atoms with E-state index in [4.69, 9.17) is 14.9 Å². The number of rotatable bonds is 6. The normalized spacial score (nSPS) is 16.8. The average molecular weight is 345 g/mol. The van der Waals surface area contributed by atoms with Gasteiger partial charge in [0.2, 0.25) is 5.95 Å².